The zero-order chi connectivity index (χ0) is 22.6. The predicted molar refractivity (Wildman–Crippen MR) is 115 cm³/mol. The maximum Gasteiger partial charge on any atom is 0.236 e. The average Bonchev–Trinajstić information content (AvgIpc) is 2.55. The molecular weight excluding hydrogens is 368 g/mol. The number of amides is 1. The quantitative estimate of drug-likeness (QED) is 0.739. The summed E-state index contributed by atoms with van der Waals surface area (Å²) in [6.07, 6.45) is 3.09. The molecule has 2 aliphatic rings. The van der Waals surface area contributed by atoms with Crippen LogP contribution in [0.4, 0.5) is 0 Å². The summed E-state index contributed by atoms with van der Waals surface area (Å²) < 4.78 is 0. The van der Waals surface area contributed by atoms with Gasteiger partial charge in [-0.1, -0.05) is 0 Å². The summed E-state index contributed by atoms with van der Waals surface area (Å²) in [5.74, 6) is 0.109. The van der Waals surface area contributed by atoms with Crippen molar-refractivity contribution in [3.63, 3.8) is 0 Å². The van der Waals surface area contributed by atoms with E-state index in [1.807, 2.05) is 46.7 Å². The van der Waals surface area contributed by atoms with E-state index in [1.54, 1.807) is 0 Å². The first-order chi connectivity index (χ1) is 12.9. The van der Waals surface area contributed by atoms with Crippen LogP contribution in [0.15, 0.2) is 0 Å². The number of piperidine rings is 2. The molecule has 0 atom stereocenters. The number of hydrogen-bond donors (Lipinski definition) is 2. The molecule has 0 aromatic carbocycles. The minimum atomic E-state index is -0.380. The standard InChI is InChI=1S/C22H44N4O3/c1-19(2)11-16(12-20(3,4)25(19)28)23(9)15-18(27)24(10)17-13-21(5,6)26(29)22(7,8)14-17/h16-17,28-29H,11-15H2,1-10H3. The highest BCUT2D eigenvalue weighted by Crippen LogP contribution is 2.40. The lowest BCUT2D eigenvalue weighted by atomic mass is 9.78. The van der Waals surface area contributed by atoms with Crippen LogP contribution < -0.4 is 0 Å². The predicted octanol–water partition coefficient (Wildman–Crippen LogP) is 3.20. The van der Waals surface area contributed by atoms with Gasteiger partial charge in [0.05, 0.1) is 6.54 Å². The molecule has 0 radical (unpaired) electrons. The first-order valence-corrected chi connectivity index (χ1v) is 10.8. The molecule has 29 heavy (non-hydrogen) atoms. The van der Waals surface area contributed by atoms with Gasteiger partial charge < -0.3 is 15.3 Å². The Bertz CT molecular complexity index is 581. The van der Waals surface area contributed by atoms with Gasteiger partial charge in [-0.15, -0.1) is 0 Å². The number of nitrogens with zero attached hydrogens (tertiary/aromatic N) is 4. The summed E-state index contributed by atoms with van der Waals surface area (Å²) in [6, 6.07) is 0.324. The van der Waals surface area contributed by atoms with Crippen LogP contribution in [0.1, 0.15) is 81.1 Å². The highest BCUT2D eigenvalue weighted by molar-refractivity contribution is 5.78. The number of carbonyl (C=O) groups is 1. The first kappa shape index (κ1) is 24.5. The van der Waals surface area contributed by atoms with Crippen LogP contribution in [0.25, 0.3) is 0 Å². The summed E-state index contributed by atoms with van der Waals surface area (Å²) >= 11 is 0. The van der Waals surface area contributed by atoms with Crippen molar-refractivity contribution in [1.82, 2.24) is 19.9 Å². The van der Waals surface area contributed by atoms with E-state index in [0.717, 1.165) is 25.7 Å². The van der Waals surface area contributed by atoms with Crippen LogP contribution in [-0.4, -0.2) is 91.1 Å². The molecule has 0 spiro atoms. The fourth-order valence-electron chi connectivity index (χ4n) is 5.68. The first-order valence-electron chi connectivity index (χ1n) is 10.8. The fourth-order valence-corrected chi connectivity index (χ4v) is 5.68. The second-order valence-electron chi connectivity index (χ2n) is 11.9. The zero-order valence-electron chi connectivity index (χ0n) is 20.3. The number of likely N-dealkylation sites (N-methyl/N-ethyl adjacent to an activating group) is 2. The molecule has 1 amide bonds. The molecule has 2 aliphatic heterocycles. The third-order valence-corrected chi connectivity index (χ3v) is 7.18. The van der Waals surface area contributed by atoms with Crippen molar-refractivity contribution in [2.24, 2.45) is 0 Å². The SMILES string of the molecule is CN(CC(=O)N(C)C1CC(C)(C)N(O)C(C)(C)C1)C1CC(C)(C)N(O)C(C)(C)C1. The molecule has 2 N–H and O–H groups in total. The van der Waals surface area contributed by atoms with E-state index in [1.165, 1.54) is 10.1 Å². The maximum absolute atomic E-state index is 13.1. The molecule has 7 heteroatoms. The monoisotopic (exact) mass is 412 g/mol. The Hall–Kier alpha value is -0.730. The van der Waals surface area contributed by atoms with Crippen molar-refractivity contribution in [2.75, 3.05) is 20.6 Å². The zero-order valence-corrected chi connectivity index (χ0v) is 20.3. The molecular formula is C22H44N4O3. The maximum atomic E-state index is 13.1. The summed E-state index contributed by atoms with van der Waals surface area (Å²) in [5.41, 5.74) is -1.43. The Morgan fingerprint density at radius 3 is 1.41 bits per heavy atom. The van der Waals surface area contributed by atoms with Gasteiger partial charge in [-0.3, -0.25) is 9.69 Å². The number of rotatable bonds is 4. The van der Waals surface area contributed by atoms with Gasteiger partial charge in [-0.25, -0.2) is 0 Å². The molecule has 0 aromatic heterocycles. The van der Waals surface area contributed by atoms with E-state index in [0.29, 0.717) is 6.54 Å². The van der Waals surface area contributed by atoms with Gasteiger partial charge in [0.15, 0.2) is 0 Å². The molecule has 2 rings (SSSR count). The van der Waals surface area contributed by atoms with Crippen molar-refractivity contribution in [3.8, 4) is 0 Å². The Morgan fingerprint density at radius 1 is 0.759 bits per heavy atom. The van der Waals surface area contributed by atoms with Gasteiger partial charge in [0.25, 0.3) is 0 Å². The minimum absolute atomic E-state index is 0.0940. The van der Waals surface area contributed by atoms with E-state index in [-0.39, 0.29) is 40.1 Å². The van der Waals surface area contributed by atoms with Gasteiger partial charge in [-0.2, -0.15) is 10.1 Å². The molecule has 0 unspecified atom stereocenters. The molecule has 2 saturated heterocycles. The highest BCUT2D eigenvalue weighted by Gasteiger charge is 2.48. The van der Waals surface area contributed by atoms with E-state index < -0.39 is 0 Å². The molecule has 0 bridgehead atoms. The second-order valence-corrected chi connectivity index (χ2v) is 11.9. The number of hydroxylamine groups is 4. The van der Waals surface area contributed by atoms with E-state index in [4.69, 9.17) is 0 Å². The lowest BCUT2D eigenvalue weighted by Gasteiger charge is -2.54. The second kappa shape index (κ2) is 7.75. The van der Waals surface area contributed by atoms with Crippen LogP contribution in [-0.2, 0) is 4.79 Å². The van der Waals surface area contributed by atoms with Gasteiger partial charge >= 0.3 is 0 Å². The Balaban J connectivity index is 2.06. The van der Waals surface area contributed by atoms with Crippen molar-refractivity contribution in [2.45, 2.75) is 115 Å². The Kier molecular flexibility index (Phi) is 6.56. The topological polar surface area (TPSA) is 70.5 Å². The average molecular weight is 413 g/mol. The Labute approximate surface area is 177 Å². The summed E-state index contributed by atoms with van der Waals surface area (Å²) in [6.45, 7) is 16.7. The van der Waals surface area contributed by atoms with Crippen LogP contribution >= 0.6 is 0 Å². The number of hydrogen-bond acceptors (Lipinski definition) is 6. The molecule has 170 valence electrons. The smallest absolute Gasteiger partial charge is 0.236 e. The lowest BCUT2D eigenvalue weighted by molar-refractivity contribution is -0.252. The normalized spacial score (nSPS) is 27.9. The van der Waals surface area contributed by atoms with Crippen LogP contribution in [0.3, 0.4) is 0 Å². The van der Waals surface area contributed by atoms with Gasteiger partial charge in [0.1, 0.15) is 0 Å². The highest BCUT2D eigenvalue weighted by atomic mass is 16.5. The third-order valence-electron chi connectivity index (χ3n) is 7.18. The summed E-state index contributed by atoms with van der Waals surface area (Å²) in [5, 5.41) is 24.0. The van der Waals surface area contributed by atoms with Crippen molar-refractivity contribution in [1.29, 1.82) is 0 Å². The van der Waals surface area contributed by atoms with Crippen molar-refractivity contribution in [3.05, 3.63) is 0 Å². The number of carbonyl (C=O) groups excluding carboxylic acids is 1. The van der Waals surface area contributed by atoms with Crippen LogP contribution in [0, 0.1) is 0 Å². The van der Waals surface area contributed by atoms with E-state index in [9.17, 15) is 15.2 Å². The molecule has 0 saturated carbocycles. The third kappa shape index (κ3) is 4.96. The largest absolute Gasteiger partial charge is 0.342 e. The molecule has 0 aliphatic carbocycles. The molecule has 2 fully saturated rings. The van der Waals surface area contributed by atoms with Crippen molar-refractivity contribution < 1.29 is 15.2 Å². The van der Waals surface area contributed by atoms with E-state index in [2.05, 4.69) is 32.6 Å². The Morgan fingerprint density at radius 2 is 1.07 bits per heavy atom. The fraction of sp³-hybridized carbons (Fsp3) is 0.955. The molecule has 2 heterocycles. The van der Waals surface area contributed by atoms with Gasteiger partial charge in [0, 0.05) is 41.3 Å². The van der Waals surface area contributed by atoms with Gasteiger partial charge in [-0.05, 0) is 88.1 Å². The van der Waals surface area contributed by atoms with E-state index >= 15 is 0 Å². The van der Waals surface area contributed by atoms with Crippen LogP contribution in [0.5, 0.6) is 0 Å². The lowest BCUT2D eigenvalue weighted by Crippen LogP contribution is -2.64. The summed E-state index contributed by atoms with van der Waals surface area (Å²) in [4.78, 5) is 17.2. The van der Waals surface area contributed by atoms with Crippen molar-refractivity contribution >= 4 is 5.91 Å². The molecule has 7 nitrogen and oxygen atoms in total. The minimum Gasteiger partial charge on any atom is -0.342 e. The summed E-state index contributed by atoms with van der Waals surface area (Å²) in [7, 11) is 3.91. The van der Waals surface area contributed by atoms with Gasteiger partial charge in [0.2, 0.25) is 5.91 Å². The van der Waals surface area contributed by atoms with Crippen LogP contribution in [0.2, 0.25) is 0 Å². The molecule has 0 aromatic rings.